The third kappa shape index (κ3) is 2.56. The average Bonchev–Trinajstić information content (AvgIpc) is 2.38. The molecule has 0 atom stereocenters. The molecule has 0 aliphatic rings. The average molecular weight is 301 g/mol. The maximum absolute atomic E-state index is 12.9. The molecule has 0 radical (unpaired) electrons. The van der Waals surface area contributed by atoms with Crippen LogP contribution in [-0.4, -0.2) is 22.7 Å². The van der Waals surface area contributed by atoms with E-state index < -0.39 is 40.1 Å². The number of benzene rings is 1. The van der Waals surface area contributed by atoms with Crippen molar-refractivity contribution in [1.82, 2.24) is 4.98 Å². The number of nitrogens with one attached hydrogen (secondary N) is 1. The van der Waals surface area contributed by atoms with Crippen molar-refractivity contribution in [3.63, 3.8) is 0 Å². The minimum Gasteiger partial charge on any atom is -0.502 e. The van der Waals surface area contributed by atoms with E-state index in [0.717, 1.165) is 12.1 Å². The summed E-state index contributed by atoms with van der Waals surface area (Å²) in [5.41, 5.74) is -3.46. The second kappa shape index (κ2) is 5.12. The van der Waals surface area contributed by atoms with E-state index in [-0.39, 0.29) is 12.0 Å². The lowest BCUT2D eigenvalue weighted by molar-refractivity contribution is -0.136. The van der Waals surface area contributed by atoms with Gasteiger partial charge in [-0.15, -0.1) is 0 Å². The fourth-order valence-electron chi connectivity index (χ4n) is 1.96. The van der Waals surface area contributed by atoms with Crippen molar-refractivity contribution in [1.29, 1.82) is 0 Å². The third-order valence-electron chi connectivity index (χ3n) is 2.81. The number of carbonyl (C=O) groups is 1. The van der Waals surface area contributed by atoms with Gasteiger partial charge < -0.3 is 14.8 Å². The lowest BCUT2D eigenvalue weighted by atomic mass is 10.0. The molecule has 1 heterocycles. The van der Waals surface area contributed by atoms with Gasteiger partial charge in [-0.2, -0.15) is 13.2 Å². The van der Waals surface area contributed by atoms with Gasteiger partial charge in [0, 0.05) is 5.39 Å². The molecule has 1 aromatic carbocycles. The van der Waals surface area contributed by atoms with Crippen molar-refractivity contribution >= 4 is 16.9 Å². The molecule has 0 fully saturated rings. The number of rotatable bonds is 2. The number of esters is 1. The lowest BCUT2D eigenvalue weighted by Gasteiger charge is -2.13. The highest BCUT2D eigenvalue weighted by Gasteiger charge is 2.34. The number of hydrogen-bond donors (Lipinski definition) is 2. The van der Waals surface area contributed by atoms with Gasteiger partial charge >= 0.3 is 12.1 Å². The van der Waals surface area contributed by atoms with E-state index in [0.29, 0.717) is 0 Å². The molecule has 0 amide bonds. The number of para-hydroxylation sites is 1. The van der Waals surface area contributed by atoms with Gasteiger partial charge in [-0.3, -0.25) is 4.79 Å². The van der Waals surface area contributed by atoms with Crippen molar-refractivity contribution in [2.24, 2.45) is 0 Å². The number of alkyl halides is 3. The summed E-state index contributed by atoms with van der Waals surface area (Å²) < 4.78 is 43.5. The first-order valence-corrected chi connectivity index (χ1v) is 5.89. The van der Waals surface area contributed by atoms with Crippen molar-refractivity contribution in [3.8, 4) is 5.75 Å². The SMILES string of the molecule is CCOC(=O)c1c(O)c(=O)[nH]c2c(C(F)(F)F)cccc12. The normalized spacial score (nSPS) is 11.6. The van der Waals surface area contributed by atoms with E-state index in [4.69, 9.17) is 0 Å². The molecular weight excluding hydrogens is 291 g/mol. The highest BCUT2D eigenvalue weighted by Crippen LogP contribution is 2.35. The Morgan fingerprint density at radius 1 is 1.38 bits per heavy atom. The Morgan fingerprint density at radius 3 is 2.62 bits per heavy atom. The molecule has 8 heteroatoms. The summed E-state index contributed by atoms with van der Waals surface area (Å²) in [6.07, 6.45) is -4.72. The maximum Gasteiger partial charge on any atom is 0.418 e. The van der Waals surface area contributed by atoms with Crippen molar-refractivity contribution in [2.45, 2.75) is 13.1 Å². The predicted molar refractivity (Wildman–Crippen MR) is 67.2 cm³/mol. The predicted octanol–water partition coefficient (Wildman–Crippen LogP) is 2.43. The molecule has 0 spiro atoms. The van der Waals surface area contributed by atoms with Crippen LogP contribution >= 0.6 is 0 Å². The molecule has 0 saturated carbocycles. The first kappa shape index (κ1) is 14.9. The standard InChI is InChI=1S/C13H10F3NO4/c1-2-21-12(20)8-6-4-3-5-7(13(14,15)16)9(6)17-11(19)10(8)18/h3-5,18H,2H2,1H3,(H,17,19). The van der Waals surface area contributed by atoms with Crippen LogP contribution in [0.15, 0.2) is 23.0 Å². The molecule has 0 bridgehead atoms. The van der Waals surface area contributed by atoms with Crippen molar-refractivity contribution in [2.75, 3.05) is 6.61 Å². The number of carbonyl (C=O) groups excluding carboxylic acids is 1. The molecule has 0 aliphatic carbocycles. The van der Waals surface area contributed by atoms with E-state index in [1.54, 1.807) is 0 Å². The Balaban J connectivity index is 2.89. The van der Waals surface area contributed by atoms with Gasteiger partial charge in [0.05, 0.1) is 17.7 Å². The van der Waals surface area contributed by atoms with E-state index >= 15 is 0 Å². The number of aromatic hydroxyl groups is 1. The number of hydrogen-bond acceptors (Lipinski definition) is 4. The van der Waals surface area contributed by atoms with Crippen molar-refractivity contribution in [3.05, 3.63) is 39.7 Å². The van der Waals surface area contributed by atoms with Gasteiger partial charge in [-0.05, 0) is 13.0 Å². The maximum atomic E-state index is 12.9. The fraction of sp³-hybridized carbons (Fsp3) is 0.231. The number of pyridine rings is 1. The minimum absolute atomic E-state index is 0.0501. The summed E-state index contributed by atoms with van der Waals surface area (Å²) in [4.78, 5) is 25.3. The van der Waals surface area contributed by atoms with Crippen LogP contribution in [-0.2, 0) is 10.9 Å². The van der Waals surface area contributed by atoms with E-state index in [2.05, 4.69) is 4.74 Å². The molecule has 21 heavy (non-hydrogen) atoms. The number of H-pyrrole nitrogens is 1. The second-order valence-electron chi connectivity index (χ2n) is 4.12. The van der Waals surface area contributed by atoms with Gasteiger partial charge in [-0.25, -0.2) is 4.79 Å². The van der Waals surface area contributed by atoms with Gasteiger partial charge in [-0.1, -0.05) is 12.1 Å². The number of aromatic nitrogens is 1. The Morgan fingerprint density at radius 2 is 2.05 bits per heavy atom. The molecule has 1 aromatic heterocycles. The summed E-state index contributed by atoms with van der Waals surface area (Å²) in [6, 6.07) is 3.03. The van der Waals surface area contributed by atoms with Crippen LogP contribution in [0.25, 0.3) is 10.9 Å². The molecule has 2 N–H and O–H groups in total. The summed E-state index contributed by atoms with van der Waals surface area (Å²) in [5.74, 6) is -2.04. The Hall–Kier alpha value is -2.51. The first-order valence-electron chi connectivity index (χ1n) is 5.89. The number of aromatic amines is 1. The number of halogens is 3. The van der Waals surface area contributed by atoms with Crippen LogP contribution in [0.5, 0.6) is 5.75 Å². The van der Waals surface area contributed by atoms with Crippen LogP contribution in [0.3, 0.4) is 0 Å². The lowest BCUT2D eigenvalue weighted by Crippen LogP contribution is -2.17. The van der Waals surface area contributed by atoms with E-state index in [1.165, 1.54) is 13.0 Å². The summed E-state index contributed by atoms with van der Waals surface area (Å²) in [5, 5.41) is 9.42. The smallest absolute Gasteiger partial charge is 0.418 e. The molecule has 112 valence electrons. The topological polar surface area (TPSA) is 79.4 Å². The molecule has 0 saturated heterocycles. The van der Waals surface area contributed by atoms with Gasteiger partial charge in [0.1, 0.15) is 5.56 Å². The van der Waals surface area contributed by atoms with Crippen LogP contribution < -0.4 is 5.56 Å². The Bertz CT molecular complexity index is 764. The molecule has 2 rings (SSSR count). The van der Waals surface area contributed by atoms with Crippen LogP contribution in [0.1, 0.15) is 22.8 Å². The zero-order valence-corrected chi connectivity index (χ0v) is 10.7. The monoisotopic (exact) mass is 301 g/mol. The summed E-state index contributed by atoms with van der Waals surface area (Å²) in [7, 11) is 0. The third-order valence-corrected chi connectivity index (χ3v) is 2.81. The molecule has 0 aliphatic heterocycles. The molecule has 0 unspecified atom stereocenters. The fourth-order valence-corrected chi connectivity index (χ4v) is 1.96. The highest BCUT2D eigenvalue weighted by atomic mass is 19.4. The van der Waals surface area contributed by atoms with Crippen LogP contribution in [0.4, 0.5) is 13.2 Å². The molecule has 5 nitrogen and oxygen atoms in total. The zero-order valence-electron chi connectivity index (χ0n) is 10.7. The highest BCUT2D eigenvalue weighted by molar-refractivity contribution is 6.06. The summed E-state index contributed by atoms with van der Waals surface area (Å²) >= 11 is 0. The van der Waals surface area contributed by atoms with Gasteiger partial charge in [0.15, 0.2) is 5.75 Å². The Labute approximate surface area is 116 Å². The molecule has 2 aromatic rings. The number of fused-ring (bicyclic) bond motifs is 1. The Kier molecular flexibility index (Phi) is 3.63. The quantitative estimate of drug-likeness (QED) is 0.835. The number of ether oxygens (including phenoxy) is 1. The second-order valence-corrected chi connectivity index (χ2v) is 4.12. The van der Waals surface area contributed by atoms with Gasteiger partial charge in [0.2, 0.25) is 0 Å². The van der Waals surface area contributed by atoms with Gasteiger partial charge in [0.25, 0.3) is 5.56 Å². The summed E-state index contributed by atoms with van der Waals surface area (Å²) in [6.45, 7) is 1.44. The van der Waals surface area contributed by atoms with E-state index in [9.17, 15) is 27.9 Å². The minimum atomic E-state index is -4.72. The van der Waals surface area contributed by atoms with Crippen LogP contribution in [0, 0.1) is 0 Å². The van der Waals surface area contributed by atoms with E-state index in [1.807, 2.05) is 4.98 Å². The van der Waals surface area contributed by atoms with Crippen LogP contribution in [0.2, 0.25) is 0 Å². The van der Waals surface area contributed by atoms with Crippen molar-refractivity contribution < 1.29 is 27.8 Å². The zero-order chi connectivity index (χ0) is 15.8. The molecular formula is C13H10F3NO4. The largest absolute Gasteiger partial charge is 0.502 e. The first-order chi connectivity index (χ1) is 9.77.